The molecule has 0 saturated carbocycles. The van der Waals surface area contributed by atoms with Crippen molar-refractivity contribution < 1.29 is 14.3 Å². The Morgan fingerprint density at radius 2 is 1.96 bits per heavy atom. The topological polar surface area (TPSA) is 72.6 Å². The molecule has 25 heavy (non-hydrogen) atoms. The van der Waals surface area contributed by atoms with Crippen LogP contribution in [0, 0.1) is 0 Å². The molecule has 0 aromatic heterocycles. The molecule has 0 fully saturated rings. The highest BCUT2D eigenvalue weighted by molar-refractivity contribution is 8.00. The van der Waals surface area contributed by atoms with Gasteiger partial charge in [0.2, 0.25) is 5.91 Å². The van der Waals surface area contributed by atoms with Gasteiger partial charge < -0.3 is 15.4 Å². The second kappa shape index (κ2) is 9.34. The number of hydrogen-bond acceptors (Lipinski definition) is 4. The number of nitrogens with zero attached hydrogens (tertiary/aromatic N) is 1. The van der Waals surface area contributed by atoms with Crippen molar-refractivity contribution >= 4 is 35.2 Å². The Bertz CT molecular complexity index is 755. The number of thioether (sulfide) groups is 1. The van der Waals surface area contributed by atoms with E-state index in [0.717, 1.165) is 4.90 Å². The summed E-state index contributed by atoms with van der Waals surface area (Å²) in [5.74, 6) is 0.231. The molecule has 2 N–H and O–H groups in total. The molecular weight excluding hydrogens is 360 g/mol. The Hall–Kier alpha value is -2.18. The van der Waals surface area contributed by atoms with E-state index in [1.54, 1.807) is 48.3 Å². The fourth-order valence-electron chi connectivity index (χ4n) is 2.08. The average Bonchev–Trinajstić information content (AvgIpc) is 2.59. The van der Waals surface area contributed by atoms with E-state index in [9.17, 15) is 9.59 Å². The van der Waals surface area contributed by atoms with Crippen LogP contribution in [0.15, 0.2) is 53.4 Å². The number of hydrogen-bond donors (Lipinski definition) is 1. The normalized spacial score (nSPS) is 10.3. The summed E-state index contributed by atoms with van der Waals surface area (Å²) in [5.41, 5.74) is 5.72. The second-order valence-corrected chi connectivity index (χ2v) is 6.74. The van der Waals surface area contributed by atoms with E-state index < -0.39 is 5.91 Å². The lowest BCUT2D eigenvalue weighted by Crippen LogP contribution is -2.31. The smallest absolute Gasteiger partial charge is 0.254 e. The van der Waals surface area contributed by atoms with Gasteiger partial charge in [0.1, 0.15) is 12.4 Å². The first-order valence-electron chi connectivity index (χ1n) is 7.61. The van der Waals surface area contributed by atoms with Crippen LogP contribution in [0.5, 0.6) is 5.75 Å². The van der Waals surface area contributed by atoms with Crippen LogP contribution in [0.2, 0.25) is 5.02 Å². The van der Waals surface area contributed by atoms with Gasteiger partial charge in [-0.15, -0.1) is 11.8 Å². The van der Waals surface area contributed by atoms with Crippen LogP contribution in [-0.2, 0) is 4.79 Å². The molecule has 0 atom stereocenters. The van der Waals surface area contributed by atoms with E-state index >= 15 is 0 Å². The third-order valence-corrected chi connectivity index (χ3v) is 4.66. The van der Waals surface area contributed by atoms with Crippen LogP contribution in [-0.4, -0.2) is 42.7 Å². The first-order valence-corrected chi connectivity index (χ1v) is 8.97. The molecular formula is C18H19ClN2O3S. The maximum Gasteiger partial charge on any atom is 0.254 e. The lowest BCUT2D eigenvalue weighted by molar-refractivity contribution is -0.115. The van der Waals surface area contributed by atoms with E-state index in [2.05, 4.69) is 0 Å². The van der Waals surface area contributed by atoms with Crippen LogP contribution in [0.4, 0.5) is 0 Å². The molecule has 2 aromatic rings. The molecule has 0 saturated heterocycles. The van der Waals surface area contributed by atoms with Crippen molar-refractivity contribution in [2.45, 2.75) is 4.90 Å². The molecule has 0 aliphatic heterocycles. The van der Waals surface area contributed by atoms with E-state index in [0.29, 0.717) is 29.5 Å². The standard InChI is InChI=1S/C18H19ClN2O3S/c1-21(9-10-24-14-6-4-5-13(19)11-14)18(23)15-7-2-3-8-16(15)25-12-17(20)22/h2-8,11H,9-10,12H2,1H3,(H2,20,22). The fourth-order valence-corrected chi connectivity index (χ4v) is 3.05. The van der Waals surface area contributed by atoms with Gasteiger partial charge in [-0.25, -0.2) is 0 Å². The minimum absolute atomic E-state index is 0.131. The van der Waals surface area contributed by atoms with Crippen molar-refractivity contribution in [1.29, 1.82) is 0 Å². The number of halogens is 1. The zero-order valence-electron chi connectivity index (χ0n) is 13.8. The number of carbonyl (C=O) groups is 2. The van der Waals surface area contributed by atoms with Crippen molar-refractivity contribution in [3.8, 4) is 5.75 Å². The largest absolute Gasteiger partial charge is 0.492 e. The molecule has 2 amide bonds. The highest BCUT2D eigenvalue weighted by atomic mass is 35.5. The van der Waals surface area contributed by atoms with Crippen LogP contribution < -0.4 is 10.5 Å². The zero-order valence-corrected chi connectivity index (χ0v) is 15.3. The predicted molar refractivity (Wildman–Crippen MR) is 100 cm³/mol. The molecule has 5 nitrogen and oxygen atoms in total. The van der Waals surface area contributed by atoms with Crippen molar-refractivity contribution in [3.05, 3.63) is 59.1 Å². The van der Waals surface area contributed by atoms with Crippen molar-refractivity contribution in [3.63, 3.8) is 0 Å². The number of primary amides is 1. The van der Waals surface area contributed by atoms with Gasteiger partial charge in [0.25, 0.3) is 5.91 Å². The molecule has 2 aromatic carbocycles. The summed E-state index contributed by atoms with van der Waals surface area (Å²) in [6.07, 6.45) is 0. The van der Waals surface area contributed by atoms with E-state index in [1.807, 2.05) is 12.1 Å². The molecule has 0 radical (unpaired) electrons. The predicted octanol–water partition coefficient (Wildman–Crippen LogP) is 3.07. The van der Waals surface area contributed by atoms with Crippen LogP contribution >= 0.6 is 23.4 Å². The SMILES string of the molecule is CN(CCOc1cccc(Cl)c1)C(=O)c1ccccc1SCC(N)=O. The zero-order chi connectivity index (χ0) is 18.2. The first-order chi connectivity index (χ1) is 12.0. The summed E-state index contributed by atoms with van der Waals surface area (Å²) in [6.45, 7) is 0.763. The van der Waals surface area contributed by atoms with Crippen molar-refractivity contribution in [2.75, 3.05) is 26.0 Å². The highest BCUT2D eigenvalue weighted by Gasteiger charge is 2.16. The van der Waals surface area contributed by atoms with Crippen molar-refractivity contribution in [1.82, 2.24) is 4.90 Å². The van der Waals surface area contributed by atoms with Crippen LogP contribution in [0.3, 0.4) is 0 Å². The van der Waals surface area contributed by atoms with Gasteiger partial charge in [0, 0.05) is 17.0 Å². The Kier molecular flexibility index (Phi) is 7.16. The third-order valence-electron chi connectivity index (χ3n) is 3.33. The third kappa shape index (κ3) is 5.99. The second-order valence-electron chi connectivity index (χ2n) is 5.28. The number of amides is 2. The van der Waals surface area contributed by atoms with Gasteiger partial charge >= 0.3 is 0 Å². The number of benzene rings is 2. The van der Waals surface area contributed by atoms with E-state index in [4.69, 9.17) is 22.1 Å². The number of likely N-dealkylation sites (N-methyl/N-ethyl adjacent to an activating group) is 1. The number of carbonyl (C=O) groups excluding carboxylic acids is 2. The Morgan fingerprint density at radius 1 is 1.20 bits per heavy atom. The molecule has 0 aliphatic rings. The fraction of sp³-hybridized carbons (Fsp3) is 0.222. The molecule has 0 bridgehead atoms. The van der Waals surface area contributed by atoms with Crippen molar-refractivity contribution in [2.24, 2.45) is 5.73 Å². The molecule has 2 rings (SSSR count). The Labute approximate surface area is 156 Å². The van der Waals surface area contributed by atoms with Crippen LogP contribution in [0.25, 0.3) is 0 Å². The lowest BCUT2D eigenvalue weighted by atomic mass is 10.2. The molecule has 0 aliphatic carbocycles. The summed E-state index contributed by atoms with van der Waals surface area (Å²) in [4.78, 5) is 25.9. The quantitative estimate of drug-likeness (QED) is 0.716. The average molecular weight is 379 g/mol. The maximum atomic E-state index is 12.6. The van der Waals surface area contributed by atoms with Gasteiger partial charge in [-0.1, -0.05) is 29.8 Å². The lowest BCUT2D eigenvalue weighted by Gasteiger charge is -2.19. The molecule has 0 unspecified atom stereocenters. The molecule has 0 heterocycles. The van der Waals surface area contributed by atoms with Crippen LogP contribution in [0.1, 0.15) is 10.4 Å². The molecule has 132 valence electrons. The summed E-state index contributed by atoms with van der Waals surface area (Å²) in [7, 11) is 1.71. The summed E-state index contributed by atoms with van der Waals surface area (Å²) < 4.78 is 5.61. The first kappa shape index (κ1) is 19.1. The number of ether oxygens (including phenoxy) is 1. The summed E-state index contributed by atoms with van der Waals surface area (Å²) in [6, 6.07) is 14.3. The summed E-state index contributed by atoms with van der Waals surface area (Å²) >= 11 is 7.16. The van der Waals surface area contributed by atoms with Gasteiger partial charge in [-0.05, 0) is 30.3 Å². The summed E-state index contributed by atoms with van der Waals surface area (Å²) in [5, 5.41) is 0.599. The highest BCUT2D eigenvalue weighted by Crippen LogP contribution is 2.23. The minimum atomic E-state index is -0.421. The molecule has 0 spiro atoms. The Balaban J connectivity index is 1.94. The minimum Gasteiger partial charge on any atom is -0.492 e. The van der Waals surface area contributed by atoms with E-state index in [-0.39, 0.29) is 11.7 Å². The maximum absolute atomic E-state index is 12.6. The van der Waals surface area contributed by atoms with Gasteiger partial charge in [0.15, 0.2) is 0 Å². The monoisotopic (exact) mass is 378 g/mol. The van der Waals surface area contributed by atoms with Gasteiger partial charge in [-0.2, -0.15) is 0 Å². The van der Waals surface area contributed by atoms with Gasteiger partial charge in [0.05, 0.1) is 17.9 Å². The number of nitrogens with two attached hydrogens (primary N) is 1. The van der Waals surface area contributed by atoms with E-state index in [1.165, 1.54) is 11.8 Å². The Morgan fingerprint density at radius 3 is 2.68 bits per heavy atom. The molecule has 7 heteroatoms. The van der Waals surface area contributed by atoms with Gasteiger partial charge in [-0.3, -0.25) is 9.59 Å². The number of rotatable bonds is 8.